The maximum absolute atomic E-state index is 12.4. The second-order valence-corrected chi connectivity index (χ2v) is 8.76. The summed E-state index contributed by atoms with van der Waals surface area (Å²) < 4.78 is 0.784. The molecule has 1 amide bonds. The van der Waals surface area contributed by atoms with Crippen molar-refractivity contribution < 1.29 is 9.72 Å². The number of nitrogens with one attached hydrogen (secondary N) is 1. The van der Waals surface area contributed by atoms with Crippen LogP contribution in [0.5, 0.6) is 0 Å². The van der Waals surface area contributed by atoms with E-state index in [1.807, 2.05) is 60.7 Å². The van der Waals surface area contributed by atoms with Crippen LogP contribution in [-0.2, 0) is 4.79 Å². The maximum atomic E-state index is 12.4. The Labute approximate surface area is 187 Å². The van der Waals surface area contributed by atoms with Crippen molar-refractivity contribution in [3.8, 4) is 21.7 Å². The quantitative estimate of drug-likeness (QED) is 0.210. The Morgan fingerprint density at radius 3 is 2.32 bits per heavy atom. The minimum Gasteiger partial charge on any atom is -0.325 e. The summed E-state index contributed by atoms with van der Waals surface area (Å²) in [6, 6.07) is 25.9. The lowest BCUT2D eigenvalue weighted by atomic mass is 10.1. The summed E-state index contributed by atoms with van der Waals surface area (Å²) in [4.78, 5) is 28.6. The molecule has 0 saturated heterocycles. The summed E-state index contributed by atoms with van der Waals surface area (Å²) >= 11 is 2.89. The molecule has 0 spiro atoms. The smallest absolute Gasteiger partial charge is 0.271 e. The molecule has 0 atom stereocenters. The lowest BCUT2D eigenvalue weighted by Gasteiger charge is -2.03. The zero-order valence-corrected chi connectivity index (χ0v) is 17.9. The number of carbonyl (C=O) groups excluding carboxylic acids is 1. The van der Waals surface area contributed by atoms with Crippen LogP contribution in [0, 0.1) is 10.1 Å². The maximum Gasteiger partial charge on any atom is 0.271 e. The van der Waals surface area contributed by atoms with Crippen LogP contribution in [0.2, 0.25) is 0 Å². The van der Waals surface area contributed by atoms with E-state index >= 15 is 0 Å². The number of hydrogen-bond donors (Lipinski definition) is 1. The lowest BCUT2D eigenvalue weighted by molar-refractivity contribution is -0.384. The van der Waals surface area contributed by atoms with Crippen molar-refractivity contribution in [2.45, 2.75) is 4.34 Å². The summed E-state index contributed by atoms with van der Waals surface area (Å²) in [6.45, 7) is 0. The molecule has 1 N–H and O–H groups in total. The van der Waals surface area contributed by atoms with E-state index in [0.29, 0.717) is 5.69 Å². The summed E-state index contributed by atoms with van der Waals surface area (Å²) in [5.74, 6) is -0.0956. The first-order valence-corrected chi connectivity index (χ1v) is 11.2. The first-order valence-electron chi connectivity index (χ1n) is 9.39. The van der Waals surface area contributed by atoms with Crippen molar-refractivity contribution in [1.29, 1.82) is 0 Å². The first kappa shape index (κ1) is 20.8. The number of carbonyl (C=O) groups is 1. The Morgan fingerprint density at radius 1 is 0.968 bits per heavy atom. The summed E-state index contributed by atoms with van der Waals surface area (Å²) in [5, 5.41) is 13.6. The molecule has 8 heteroatoms. The highest BCUT2D eigenvalue weighted by molar-refractivity contribution is 8.01. The van der Waals surface area contributed by atoms with E-state index in [-0.39, 0.29) is 17.3 Å². The van der Waals surface area contributed by atoms with Crippen LogP contribution >= 0.6 is 23.1 Å². The molecule has 6 nitrogen and oxygen atoms in total. The Hall–Kier alpha value is -3.49. The molecule has 0 unspecified atom stereocenters. The highest BCUT2D eigenvalue weighted by Crippen LogP contribution is 2.40. The second-order valence-electron chi connectivity index (χ2n) is 6.53. The Bertz CT molecular complexity index is 1150. The molecule has 154 valence electrons. The molecule has 3 aromatic carbocycles. The Balaban J connectivity index is 1.51. The van der Waals surface area contributed by atoms with Gasteiger partial charge in [-0.25, -0.2) is 4.98 Å². The van der Waals surface area contributed by atoms with Gasteiger partial charge in [0.25, 0.3) is 5.69 Å². The van der Waals surface area contributed by atoms with E-state index in [1.165, 1.54) is 23.9 Å². The van der Waals surface area contributed by atoms with Gasteiger partial charge in [-0.2, -0.15) is 0 Å². The molecule has 31 heavy (non-hydrogen) atoms. The molecule has 0 aliphatic carbocycles. The fourth-order valence-corrected chi connectivity index (χ4v) is 4.93. The Morgan fingerprint density at radius 2 is 1.65 bits per heavy atom. The molecular weight excluding hydrogens is 430 g/mol. The van der Waals surface area contributed by atoms with Gasteiger partial charge < -0.3 is 5.32 Å². The van der Waals surface area contributed by atoms with Gasteiger partial charge in [0.15, 0.2) is 4.34 Å². The molecule has 0 radical (unpaired) electrons. The molecule has 0 fully saturated rings. The summed E-state index contributed by atoms with van der Waals surface area (Å²) in [6.07, 6.45) is 0. The largest absolute Gasteiger partial charge is 0.325 e. The number of aromatic nitrogens is 1. The number of non-ortho nitro benzene ring substituents is 1. The number of anilines is 1. The molecule has 0 bridgehead atoms. The zero-order chi connectivity index (χ0) is 21.6. The van der Waals surface area contributed by atoms with Crippen molar-refractivity contribution in [2.75, 3.05) is 11.1 Å². The molecule has 4 rings (SSSR count). The van der Waals surface area contributed by atoms with Gasteiger partial charge in [0.05, 0.1) is 21.2 Å². The average Bonchev–Trinajstić information content (AvgIpc) is 3.23. The average molecular weight is 448 g/mol. The van der Waals surface area contributed by atoms with Gasteiger partial charge in [-0.05, 0) is 11.6 Å². The van der Waals surface area contributed by atoms with E-state index in [1.54, 1.807) is 23.5 Å². The number of nitro groups is 1. The molecule has 0 aliphatic rings. The third-order valence-corrected chi connectivity index (χ3v) is 6.61. The third kappa shape index (κ3) is 5.17. The molecule has 4 aromatic rings. The van der Waals surface area contributed by atoms with Crippen molar-refractivity contribution in [1.82, 2.24) is 4.98 Å². The fraction of sp³-hybridized carbons (Fsp3) is 0.0435. The highest BCUT2D eigenvalue weighted by Gasteiger charge is 2.16. The number of thiazole rings is 1. The molecule has 1 aromatic heterocycles. The minimum atomic E-state index is -0.490. The number of amides is 1. The van der Waals surface area contributed by atoms with E-state index in [2.05, 4.69) is 5.32 Å². The number of benzene rings is 3. The van der Waals surface area contributed by atoms with Gasteiger partial charge in [-0.1, -0.05) is 78.5 Å². The van der Waals surface area contributed by atoms with Crippen LogP contribution in [0.15, 0.2) is 89.3 Å². The van der Waals surface area contributed by atoms with Crippen molar-refractivity contribution >= 4 is 40.4 Å². The van der Waals surface area contributed by atoms with Crippen LogP contribution < -0.4 is 5.32 Å². The van der Waals surface area contributed by atoms with Crippen molar-refractivity contribution in [3.63, 3.8) is 0 Å². The SMILES string of the molecule is O=C(CSc1nc(-c2ccccc2)c(-c2ccccc2)s1)Nc1cccc([N+](=O)[O-])c1. The third-order valence-electron chi connectivity index (χ3n) is 4.36. The lowest BCUT2D eigenvalue weighted by Crippen LogP contribution is -2.14. The van der Waals surface area contributed by atoms with Crippen LogP contribution in [0.3, 0.4) is 0 Å². The Kier molecular flexibility index (Phi) is 6.40. The van der Waals surface area contributed by atoms with Crippen molar-refractivity contribution in [2.24, 2.45) is 0 Å². The highest BCUT2D eigenvalue weighted by atomic mass is 32.2. The normalized spacial score (nSPS) is 10.6. The molecule has 0 aliphatic heterocycles. The van der Waals surface area contributed by atoms with E-state index in [0.717, 1.165) is 26.0 Å². The van der Waals surface area contributed by atoms with Crippen LogP contribution in [0.4, 0.5) is 11.4 Å². The van der Waals surface area contributed by atoms with Gasteiger partial charge in [0, 0.05) is 23.4 Å². The standard InChI is InChI=1S/C23H17N3O3S2/c27-20(24-18-12-7-13-19(14-18)26(28)29)15-30-23-25-21(16-8-3-1-4-9-16)22(31-23)17-10-5-2-6-11-17/h1-14H,15H2,(H,24,27). The van der Waals surface area contributed by atoms with Gasteiger partial charge in [0.2, 0.25) is 5.91 Å². The number of hydrogen-bond acceptors (Lipinski definition) is 6. The van der Waals surface area contributed by atoms with Crippen LogP contribution in [0.1, 0.15) is 0 Å². The number of nitrogens with zero attached hydrogens (tertiary/aromatic N) is 2. The van der Waals surface area contributed by atoms with Crippen LogP contribution in [-0.4, -0.2) is 21.6 Å². The molecular formula is C23H17N3O3S2. The summed E-state index contributed by atoms with van der Waals surface area (Å²) in [5.41, 5.74) is 3.31. The fourth-order valence-electron chi connectivity index (χ4n) is 2.96. The van der Waals surface area contributed by atoms with Crippen molar-refractivity contribution in [3.05, 3.63) is 95.0 Å². The van der Waals surface area contributed by atoms with Gasteiger partial charge in [0.1, 0.15) is 0 Å². The van der Waals surface area contributed by atoms with Gasteiger partial charge in [-0.3, -0.25) is 14.9 Å². The zero-order valence-electron chi connectivity index (χ0n) is 16.2. The predicted molar refractivity (Wildman–Crippen MR) is 125 cm³/mol. The van der Waals surface area contributed by atoms with E-state index < -0.39 is 4.92 Å². The monoisotopic (exact) mass is 447 g/mol. The van der Waals surface area contributed by atoms with Crippen LogP contribution in [0.25, 0.3) is 21.7 Å². The summed E-state index contributed by atoms with van der Waals surface area (Å²) in [7, 11) is 0. The number of rotatable bonds is 7. The van der Waals surface area contributed by atoms with E-state index in [4.69, 9.17) is 4.98 Å². The predicted octanol–water partition coefficient (Wildman–Crippen LogP) is 6.12. The first-order chi connectivity index (χ1) is 15.1. The molecule has 0 saturated carbocycles. The second kappa shape index (κ2) is 9.55. The van der Waals surface area contributed by atoms with Gasteiger partial charge in [-0.15, -0.1) is 11.3 Å². The topological polar surface area (TPSA) is 85.1 Å². The minimum absolute atomic E-state index is 0.0645. The number of thioether (sulfide) groups is 1. The van der Waals surface area contributed by atoms with E-state index in [9.17, 15) is 14.9 Å². The number of nitro benzene ring substituents is 1. The van der Waals surface area contributed by atoms with Gasteiger partial charge >= 0.3 is 0 Å². The molecule has 1 heterocycles.